The number of nitrogens with zero attached hydrogens (tertiary/aromatic N) is 5. The van der Waals surface area contributed by atoms with Crippen LogP contribution >= 0.6 is 0 Å². The average Bonchev–Trinajstić information content (AvgIpc) is 3.52. The number of aromatic nitrogens is 6. The topological polar surface area (TPSA) is 112 Å². The maximum Gasteiger partial charge on any atom is 0.416 e. The van der Waals surface area contributed by atoms with Gasteiger partial charge in [0, 0.05) is 12.8 Å². The number of aromatic amines is 1. The minimum Gasteiger partial charge on any atom is -0.501 e. The Morgan fingerprint density at radius 3 is 2.72 bits per heavy atom. The van der Waals surface area contributed by atoms with Gasteiger partial charge in [-0.1, -0.05) is 24.3 Å². The minimum absolute atomic E-state index is 0.0310. The number of hydrogen-bond donors (Lipinski definition) is 1. The molecular formula is C24H21F3N6O3. The van der Waals surface area contributed by atoms with E-state index in [1.165, 1.54) is 16.8 Å². The largest absolute Gasteiger partial charge is 0.501 e. The summed E-state index contributed by atoms with van der Waals surface area (Å²) in [7, 11) is 1.61. The Morgan fingerprint density at radius 1 is 1.28 bits per heavy atom. The number of allylic oxidation sites excluding steroid dienone is 4. The summed E-state index contributed by atoms with van der Waals surface area (Å²) in [5, 5.41) is 12.2. The molecule has 9 nitrogen and oxygen atoms in total. The van der Waals surface area contributed by atoms with E-state index in [0.717, 1.165) is 24.3 Å². The number of H-pyrrole nitrogens is 1. The van der Waals surface area contributed by atoms with E-state index in [9.17, 15) is 18.0 Å². The molecule has 12 heteroatoms. The highest BCUT2D eigenvalue weighted by Crippen LogP contribution is 2.32. The van der Waals surface area contributed by atoms with Gasteiger partial charge in [-0.05, 0) is 36.6 Å². The summed E-state index contributed by atoms with van der Waals surface area (Å²) < 4.78 is 51.2. The number of rotatable bonds is 6. The fraction of sp³-hybridized carbons (Fsp3) is 0.292. The van der Waals surface area contributed by atoms with Crippen LogP contribution in [0.5, 0.6) is 0 Å². The molecule has 0 aliphatic heterocycles. The minimum atomic E-state index is -4.44. The van der Waals surface area contributed by atoms with E-state index < -0.39 is 23.3 Å². The average molecular weight is 498 g/mol. The third-order valence-electron chi connectivity index (χ3n) is 6.11. The van der Waals surface area contributed by atoms with E-state index in [2.05, 4.69) is 20.3 Å². The number of nitrogens with one attached hydrogen (secondary N) is 1. The number of hydrogen-bond acceptors (Lipinski definition) is 7. The normalized spacial score (nSPS) is 16.8. The van der Waals surface area contributed by atoms with E-state index in [1.807, 2.05) is 18.2 Å². The van der Waals surface area contributed by atoms with Crippen molar-refractivity contribution in [3.05, 3.63) is 82.0 Å². The van der Waals surface area contributed by atoms with Gasteiger partial charge in [0.2, 0.25) is 6.39 Å². The van der Waals surface area contributed by atoms with Gasteiger partial charge in [0.25, 0.3) is 11.4 Å². The number of benzene rings is 1. The maximum absolute atomic E-state index is 13.2. The standard InChI is InChI=1S/C24H21F3N6O3/c1-13(15-6-8-16(9-7-15)24(25,26)27)33-21-19(20(32-33)23-31-28-12-36-23)22(34)30-18(29-21)11-14-4-3-5-17(10-14)35-2/h3-9,12-14H,10-11H2,1-2H3,(H,29,30,34). The summed E-state index contributed by atoms with van der Waals surface area (Å²) in [4.78, 5) is 20.7. The van der Waals surface area contributed by atoms with Crippen LogP contribution in [0.2, 0.25) is 0 Å². The summed E-state index contributed by atoms with van der Waals surface area (Å²) in [6.07, 6.45) is 3.56. The van der Waals surface area contributed by atoms with Gasteiger partial charge in [-0.25, -0.2) is 9.67 Å². The molecule has 4 aromatic rings. The van der Waals surface area contributed by atoms with Crippen molar-refractivity contribution in [3.63, 3.8) is 0 Å². The van der Waals surface area contributed by atoms with Crippen LogP contribution in [0.1, 0.15) is 36.3 Å². The number of methoxy groups -OCH3 is 1. The van der Waals surface area contributed by atoms with E-state index in [4.69, 9.17) is 14.1 Å². The molecule has 0 bridgehead atoms. The number of halogens is 3. The lowest BCUT2D eigenvalue weighted by Gasteiger charge is -2.17. The highest BCUT2D eigenvalue weighted by atomic mass is 19.4. The molecule has 2 unspecified atom stereocenters. The summed E-state index contributed by atoms with van der Waals surface area (Å²) in [6, 6.07) is 4.24. The lowest BCUT2D eigenvalue weighted by molar-refractivity contribution is -0.137. The Morgan fingerprint density at radius 2 is 2.06 bits per heavy atom. The first-order valence-electron chi connectivity index (χ1n) is 11.1. The van der Waals surface area contributed by atoms with Crippen LogP contribution < -0.4 is 5.56 Å². The Hall–Kier alpha value is -4.22. The van der Waals surface area contributed by atoms with Crippen LogP contribution in [0.25, 0.3) is 22.6 Å². The molecule has 0 saturated heterocycles. The summed E-state index contributed by atoms with van der Waals surface area (Å²) in [5.74, 6) is 1.36. The third-order valence-corrected chi connectivity index (χ3v) is 6.11. The molecule has 1 aliphatic rings. The predicted molar refractivity (Wildman–Crippen MR) is 123 cm³/mol. The van der Waals surface area contributed by atoms with Crippen molar-refractivity contribution in [2.24, 2.45) is 5.92 Å². The highest BCUT2D eigenvalue weighted by Gasteiger charge is 2.31. The van der Waals surface area contributed by atoms with Gasteiger partial charge in [0.15, 0.2) is 11.3 Å². The maximum atomic E-state index is 13.2. The van der Waals surface area contributed by atoms with Gasteiger partial charge in [0.1, 0.15) is 11.2 Å². The van der Waals surface area contributed by atoms with Gasteiger partial charge >= 0.3 is 6.18 Å². The molecule has 0 fully saturated rings. The summed E-state index contributed by atoms with van der Waals surface area (Å²) in [5.41, 5.74) is -0.230. The van der Waals surface area contributed by atoms with Crippen LogP contribution in [0.4, 0.5) is 13.2 Å². The van der Waals surface area contributed by atoms with Crippen LogP contribution in [-0.4, -0.2) is 37.1 Å². The quantitative estimate of drug-likeness (QED) is 0.418. The molecule has 36 heavy (non-hydrogen) atoms. The fourth-order valence-electron chi connectivity index (χ4n) is 4.23. The molecule has 186 valence electrons. The Bertz CT molecular complexity index is 1500. The van der Waals surface area contributed by atoms with Crippen molar-refractivity contribution in [2.75, 3.05) is 7.11 Å². The Balaban J connectivity index is 1.58. The molecule has 5 rings (SSSR count). The molecule has 3 heterocycles. The number of ether oxygens (including phenoxy) is 1. The van der Waals surface area contributed by atoms with Crippen molar-refractivity contribution in [2.45, 2.75) is 32.0 Å². The second-order valence-corrected chi connectivity index (χ2v) is 8.43. The molecule has 0 saturated carbocycles. The second kappa shape index (κ2) is 9.10. The van der Waals surface area contributed by atoms with Crippen LogP contribution in [0.15, 0.2) is 63.9 Å². The molecule has 2 atom stereocenters. The van der Waals surface area contributed by atoms with Gasteiger partial charge < -0.3 is 14.1 Å². The molecule has 0 radical (unpaired) electrons. The summed E-state index contributed by atoms with van der Waals surface area (Å²) >= 11 is 0. The van der Waals surface area contributed by atoms with Crippen molar-refractivity contribution in [1.29, 1.82) is 0 Å². The molecule has 1 aliphatic carbocycles. The van der Waals surface area contributed by atoms with E-state index in [0.29, 0.717) is 24.2 Å². The van der Waals surface area contributed by atoms with Crippen LogP contribution in [0, 0.1) is 5.92 Å². The Kier molecular flexibility index (Phi) is 5.94. The number of alkyl halides is 3. The van der Waals surface area contributed by atoms with Gasteiger partial charge in [0.05, 0.1) is 24.5 Å². The fourth-order valence-corrected chi connectivity index (χ4v) is 4.23. The van der Waals surface area contributed by atoms with E-state index >= 15 is 0 Å². The smallest absolute Gasteiger partial charge is 0.416 e. The van der Waals surface area contributed by atoms with Gasteiger partial charge in [-0.2, -0.15) is 18.3 Å². The lowest BCUT2D eigenvalue weighted by atomic mass is 9.95. The monoisotopic (exact) mass is 498 g/mol. The lowest BCUT2D eigenvalue weighted by Crippen LogP contribution is -2.17. The summed E-state index contributed by atoms with van der Waals surface area (Å²) in [6.45, 7) is 1.76. The third kappa shape index (κ3) is 4.41. The van der Waals surface area contributed by atoms with Crippen LogP contribution in [-0.2, 0) is 17.3 Å². The SMILES string of the molecule is COC1=CC=CC(Cc2nc3c(c(-c4nnco4)nn3C(C)c3ccc(C(F)(F)F)cc3)c(=O)[nH]2)C1. The van der Waals surface area contributed by atoms with E-state index in [1.54, 1.807) is 14.0 Å². The van der Waals surface area contributed by atoms with Crippen molar-refractivity contribution < 1.29 is 22.3 Å². The highest BCUT2D eigenvalue weighted by molar-refractivity contribution is 5.88. The molecule has 0 amide bonds. The molecular weight excluding hydrogens is 477 g/mol. The molecule has 3 aromatic heterocycles. The number of fused-ring (bicyclic) bond motifs is 1. The van der Waals surface area contributed by atoms with Crippen molar-refractivity contribution >= 4 is 11.0 Å². The Labute approximate surface area is 202 Å². The molecule has 0 spiro atoms. The molecule has 1 aromatic carbocycles. The zero-order valence-electron chi connectivity index (χ0n) is 19.3. The zero-order chi connectivity index (χ0) is 25.4. The first-order chi connectivity index (χ1) is 17.2. The first-order valence-corrected chi connectivity index (χ1v) is 11.1. The van der Waals surface area contributed by atoms with Crippen LogP contribution in [0.3, 0.4) is 0 Å². The van der Waals surface area contributed by atoms with Gasteiger partial charge in [-0.3, -0.25) is 4.79 Å². The van der Waals surface area contributed by atoms with Crippen molar-refractivity contribution in [1.82, 2.24) is 29.9 Å². The predicted octanol–water partition coefficient (Wildman–Crippen LogP) is 4.45. The zero-order valence-corrected chi connectivity index (χ0v) is 19.3. The van der Waals surface area contributed by atoms with Gasteiger partial charge in [-0.15, -0.1) is 10.2 Å². The van der Waals surface area contributed by atoms with E-state index in [-0.39, 0.29) is 28.5 Å². The van der Waals surface area contributed by atoms with Crippen molar-refractivity contribution in [3.8, 4) is 11.6 Å². The molecule has 1 N–H and O–H groups in total. The second-order valence-electron chi connectivity index (χ2n) is 8.43. The first kappa shape index (κ1) is 23.5.